The van der Waals surface area contributed by atoms with Crippen molar-refractivity contribution in [1.82, 2.24) is 0 Å². The number of hydrogen-bond acceptors (Lipinski definition) is 3. The van der Waals surface area contributed by atoms with E-state index >= 15 is 0 Å². The van der Waals surface area contributed by atoms with E-state index in [0.717, 1.165) is 4.88 Å². The Bertz CT molecular complexity index is 839. The van der Waals surface area contributed by atoms with Crippen molar-refractivity contribution in [3.05, 3.63) is 88.4 Å². The fourth-order valence-electron chi connectivity index (χ4n) is 2.32. The molecule has 0 saturated carbocycles. The summed E-state index contributed by atoms with van der Waals surface area (Å²) in [5.41, 5.74) is 0.563. The van der Waals surface area contributed by atoms with Gasteiger partial charge < -0.3 is 0 Å². The normalized spacial score (nSPS) is 13.0. The van der Waals surface area contributed by atoms with Crippen LogP contribution in [0.5, 0.6) is 0 Å². The van der Waals surface area contributed by atoms with Gasteiger partial charge in [-0.15, -0.1) is 11.3 Å². The Morgan fingerprint density at radius 1 is 0.864 bits per heavy atom. The van der Waals surface area contributed by atoms with Crippen molar-refractivity contribution < 1.29 is 12.8 Å². The van der Waals surface area contributed by atoms with Gasteiger partial charge in [-0.2, -0.15) is 0 Å². The van der Waals surface area contributed by atoms with Gasteiger partial charge in [0, 0.05) is 4.88 Å². The number of hydrogen-bond donors (Lipinski definition) is 0. The molecule has 0 amide bonds. The van der Waals surface area contributed by atoms with E-state index in [4.69, 9.17) is 0 Å². The van der Waals surface area contributed by atoms with Crippen LogP contribution in [0.1, 0.15) is 15.7 Å². The molecule has 1 aromatic heterocycles. The van der Waals surface area contributed by atoms with Gasteiger partial charge in [-0.25, -0.2) is 12.8 Å². The number of rotatable bonds is 4. The Labute approximate surface area is 132 Å². The van der Waals surface area contributed by atoms with Gasteiger partial charge in [-0.3, -0.25) is 0 Å². The zero-order valence-electron chi connectivity index (χ0n) is 11.5. The Morgan fingerprint density at radius 2 is 1.55 bits per heavy atom. The third-order valence-electron chi connectivity index (χ3n) is 3.36. The van der Waals surface area contributed by atoms with Gasteiger partial charge in [0.1, 0.15) is 11.1 Å². The van der Waals surface area contributed by atoms with Crippen LogP contribution < -0.4 is 0 Å². The van der Waals surface area contributed by atoms with Crippen LogP contribution in [-0.4, -0.2) is 8.42 Å². The van der Waals surface area contributed by atoms with Gasteiger partial charge in [-0.05, 0) is 41.3 Å². The largest absolute Gasteiger partial charge is 0.223 e. The monoisotopic (exact) mass is 332 g/mol. The van der Waals surface area contributed by atoms with Crippen molar-refractivity contribution in [3.63, 3.8) is 0 Å². The average Bonchev–Trinajstić information content (AvgIpc) is 3.04. The quantitative estimate of drug-likeness (QED) is 0.707. The molecular formula is C17H13FO2S2. The summed E-state index contributed by atoms with van der Waals surface area (Å²) in [7, 11) is -3.60. The van der Waals surface area contributed by atoms with Crippen LogP contribution in [0.25, 0.3) is 0 Å². The zero-order chi connectivity index (χ0) is 15.6. The molecule has 3 rings (SSSR count). The zero-order valence-corrected chi connectivity index (χ0v) is 13.1. The van der Waals surface area contributed by atoms with Gasteiger partial charge in [0.2, 0.25) is 0 Å². The lowest BCUT2D eigenvalue weighted by molar-refractivity contribution is 0.589. The van der Waals surface area contributed by atoms with Crippen molar-refractivity contribution in [2.45, 2.75) is 10.1 Å². The second-order valence-corrected chi connectivity index (χ2v) is 7.82. The maximum Gasteiger partial charge on any atom is 0.190 e. The molecule has 0 aliphatic heterocycles. The lowest BCUT2D eigenvalue weighted by atomic mass is 10.1. The second-order valence-electron chi connectivity index (χ2n) is 4.81. The van der Waals surface area contributed by atoms with E-state index in [1.807, 2.05) is 11.4 Å². The van der Waals surface area contributed by atoms with Crippen molar-refractivity contribution in [2.75, 3.05) is 0 Å². The van der Waals surface area contributed by atoms with Crippen molar-refractivity contribution in [2.24, 2.45) is 0 Å². The van der Waals surface area contributed by atoms with Crippen molar-refractivity contribution >= 4 is 21.2 Å². The summed E-state index contributed by atoms with van der Waals surface area (Å²) >= 11 is 1.38. The molecule has 0 saturated heterocycles. The van der Waals surface area contributed by atoms with Crippen molar-refractivity contribution in [1.29, 1.82) is 0 Å². The van der Waals surface area contributed by atoms with Crippen LogP contribution >= 0.6 is 11.3 Å². The minimum atomic E-state index is -3.60. The predicted octanol–water partition coefficient (Wildman–Crippen LogP) is 4.45. The van der Waals surface area contributed by atoms with Crippen LogP contribution in [-0.2, 0) is 9.84 Å². The summed E-state index contributed by atoms with van der Waals surface area (Å²) in [5, 5.41) is 1.02. The topological polar surface area (TPSA) is 34.1 Å². The smallest absolute Gasteiger partial charge is 0.190 e. The highest BCUT2D eigenvalue weighted by Crippen LogP contribution is 2.37. The van der Waals surface area contributed by atoms with Gasteiger partial charge in [0.05, 0.1) is 4.90 Å². The fourth-order valence-corrected chi connectivity index (χ4v) is 5.31. The highest BCUT2D eigenvalue weighted by atomic mass is 32.2. The third kappa shape index (κ3) is 2.82. The Kier molecular flexibility index (Phi) is 4.09. The summed E-state index contributed by atoms with van der Waals surface area (Å²) in [6.07, 6.45) is 0. The first-order valence-electron chi connectivity index (χ1n) is 6.67. The molecule has 112 valence electrons. The van der Waals surface area contributed by atoms with E-state index in [9.17, 15) is 12.8 Å². The molecule has 2 nitrogen and oxygen atoms in total. The molecule has 1 atom stereocenters. The van der Waals surface area contributed by atoms with Gasteiger partial charge in [0.15, 0.2) is 9.84 Å². The first-order valence-corrected chi connectivity index (χ1v) is 9.09. The van der Waals surface area contributed by atoms with Crippen LogP contribution in [0.4, 0.5) is 4.39 Å². The summed E-state index contributed by atoms with van der Waals surface area (Å²) in [6.45, 7) is 0. The highest BCUT2D eigenvalue weighted by molar-refractivity contribution is 7.92. The van der Waals surface area contributed by atoms with Crippen LogP contribution in [0.15, 0.2) is 77.0 Å². The fraction of sp³-hybridized carbons (Fsp3) is 0.0588. The van der Waals surface area contributed by atoms with Gasteiger partial charge >= 0.3 is 0 Å². The maximum atomic E-state index is 13.2. The molecule has 0 bridgehead atoms. The lowest BCUT2D eigenvalue weighted by Gasteiger charge is -2.17. The molecule has 0 radical (unpaired) electrons. The number of benzene rings is 2. The number of sulfone groups is 1. The third-order valence-corrected chi connectivity index (χ3v) is 6.52. The number of halogens is 1. The molecular weight excluding hydrogens is 319 g/mol. The summed E-state index contributed by atoms with van der Waals surface area (Å²) in [6, 6.07) is 17.6. The highest BCUT2D eigenvalue weighted by Gasteiger charge is 2.31. The van der Waals surface area contributed by atoms with E-state index in [-0.39, 0.29) is 10.7 Å². The minimum Gasteiger partial charge on any atom is -0.223 e. The minimum absolute atomic E-state index is 0.262. The van der Waals surface area contributed by atoms with Gasteiger partial charge in [-0.1, -0.05) is 36.4 Å². The van der Waals surface area contributed by atoms with E-state index in [2.05, 4.69) is 0 Å². The molecule has 22 heavy (non-hydrogen) atoms. The SMILES string of the molecule is O=S(=O)(c1ccccc1)C(c1ccc(F)cc1)c1cccs1. The summed E-state index contributed by atoms with van der Waals surface area (Å²) in [4.78, 5) is 0.980. The average molecular weight is 332 g/mol. The van der Waals surface area contributed by atoms with Crippen LogP contribution in [0.2, 0.25) is 0 Å². The maximum absolute atomic E-state index is 13.2. The molecule has 0 aliphatic carbocycles. The van der Waals surface area contributed by atoms with E-state index in [1.165, 1.54) is 35.6 Å². The van der Waals surface area contributed by atoms with E-state index < -0.39 is 15.1 Å². The van der Waals surface area contributed by atoms with E-state index in [0.29, 0.717) is 5.56 Å². The first kappa shape index (κ1) is 14.9. The Balaban J connectivity index is 2.16. The number of thiophene rings is 1. The Hall–Kier alpha value is -1.98. The van der Waals surface area contributed by atoms with E-state index in [1.54, 1.807) is 36.4 Å². The molecule has 0 aliphatic rings. The summed E-state index contributed by atoms with van der Waals surface area (Å²) in [5.74, 6) is -0.384. The van der Waals surface area contributed by atoms with Crippen molar-refractivity contribution in [3.8, 4) is 0 Å². The molecule has 0 N–H and O–H groups in total. The van der Waals surface area contributed by atoms with Crippen LogP contribution in [0, 0.1) is 5.82 Å². The molecule has 1 unspecified atom stereocenters. The molecule has 0 fully saturated rings. The summed E-state index contributed by atoms with van der Waals surface area (Å²) < 4.78 is 39.2. The molecule has 3 aromatic rings. The molecule has 0 spiro atoms. The molecule has 1 heterocycles. The second kappa shape index (κ2) is 6.02. The van der Waals surface area contributed by atoms with Gasteiger partial charge in [0.25, 0.3) is 0 Å². The Morgan fingerprint density at radius 3 is 2.14 bits per heavy atom. The van der Waals surface area contributed by atoms with Crippen LogP contribution in [0.3, 0.4) is 0 Å². The molecule has 5 heteroatoms. The standard InChI is InChI=1S/C17H13FO2S2/c18-14-10-8-13(9-11-14)17(16-7-4-12-21-16)22(19,20)15-5-2-1-3-6-15/h1-12,17H. The predicted molar refractivity (Wildman–Crippen MR) is 86.2 cm³/mol. The first-order chi connectivity index (χ1) is 10.6. The lowest BCUT2D eigenvalue weighted by Crippen LogP contribution is -2.14. The molecule has 2 aromatic carbocycles.